The lowest BCUT2D eigenvalue weighted by molar-refractivity contribution is 0.0760. The molecule has 0 unspecified atom stereocenters. The third-order valence-electron chi connectivity index (χ3n) is 5.57. The first kappa shape index (κ1) is 20.3. The van der Waals surface area contributed by atoms with E-state index in [2.05, 4.69) is 28.0 Å². The molecule has 0 N–H and O–H groups in total. The highest BCUT2D eigenvalue weighted by Gasteiger charge is 2.25. The summed E-state index contributed by atoms with van der Waals surface area (Å²) in [6, 6.07) is 16.1. The van der Waals surface area contributed by atoms with Crippen molar-refractivity contribution in [2.45, 2.75) is 32.7 Å². The lowest BCUT2D eigenvalue weighted by Gasteiger charge is -2.22. The van der Waals surface area contributed by atoms with E-state index in [1.54, 1.807) is 6.20 Å². The summed E-state index contributed by atoms with van der Waals surface area (Å²) >= 11 is 0. The average molecular weight is 404 g/mol. The fourth-order valence-electron chi connectivity index (χ4n) is 4.04. The maximum Gasteiger partial charge on any atom is 0.257 e. The van der Waals surface area contributed by atoms with Crippen LogP contribution in [0.5, 0.6) is 0 Å². The van der Waals surface area contributed by atoms with Crippen LogP contribution in [0.1, 0.15) is 41.5 Å². The number of aromatic nitrogens is 3. The summed E-state index contributed by atoms with van der Waals surface area (Å²) < 4.78 is 1.92. The molecule has 0 spiro atoms. The number of para-hydroxylation sites is 1. The minimum absolute atomic E-state index is 0.0975. The van der Waals surface area contributed by atoms with Crippen molar-refractivity contribution in [2.75, 3.05) is 26.2 Å². The molecular weight excluding hydrogens is 374 g/mol. The molecule has 6 nitrogen and oxygen atoms in total. The topological polar surface area (TPSA) is 54.3 Å². The number of pyridine rings is 1. The van der Waals surface area contributed by atoms with E-state index in [9.17, 15) is 4.79 Å². The van der Waals surface area contributed by atoms with Gasteiger partial charge < -0.3 is 4.90 Å². The molecule has 1 saturated heterocycles. The van der Waals surface area contributed by atoms with Crippen LogP contribution < -0.4 is 0 Å². The van der Waals surface area contributed by atoms with Gasteiger partial charge in [0.1, 0.15) is 0 Å². The van der Waals surface area contributed by atoms with Crippen molar-refractivity contribution in [2.24, 2.45) is 0 Å². The normalized spacial score (nSPS) is 15.2. The molecule has 2 aromatic heterocycles. The molecule has 3 heterocycles. The molecule has 6 heteroatoms. The second kappa shape index (κ2) is 9.67. The van der Waals surface area contributed by atoms with Gasteiger partial charge in [0.05, 0.1) is 28.8 Å². The molecule has 1 amide bonds. The van der Waals surface area contributed by atoms with E-state index in [-0.39, 0.29) is 5.91 Å². The van der Waals surface area contributed by atoms with Crippen LogP contribution in [0.2, 0.25) is 0 Å². The van der Waals surface area contributed by atoms with Crippen LogP contribution in [0.15, 0.2) is 60.9 Å². The number of hydrogen-bond donors (Lipinski definition) is 0. The average Bonchev–Trinajstić information content (AvgIpc) is 3.06. The van der Waals surface area contributed by atoms with Gasteiger partial charge in [0.2, 0.25) is 0 Å². The van der Waals surface area contributed by atoms with E-state index in [1.807, 2.05) is 58.2 Å². The van der Waals surface area contributed by atoms with Crippen LogP contribution in [-0.4, -0.2) is 56.7 Å². The molecule has 1 aromatic carbocycles. The fraction of sp³-hybridized carbons (Fsp3) is 0.375. The van der Waals surface area contributed by atoms with Gasteiger partial charge in [-0.3, -0.25) is 14.7 Å². The van der Waals surface area contributed by atoms with Crippen LogP contribution >= 0.6 is 0 Å². The van der Waals surface area contributed by atoms with Crippen molar-refractivity contribution in [3.8, 4) is 5.69 Å². The third kappa shape index (κ3) is 4.60. The van der Waals surface area contributed by atoms with Crippen molar-refractivity contribution in [3.63, 3.8) is 0 Å². The molecule has 30 heavy (non-hydrogen) atoms. The third-order valence-corrected chi connectivity index (χ3v) is 5.57. The number of amides is 1. The summed E-state index contributed by atoms with van der Waals surface area (Å²) in [6.07, 6.45) is 6.35. The van der Waals surface area contributed by atoms with Gasteiger partial charge in [0, 0.05) is 38.9 Å². The molecule has 3 aromatic rings. The van der Waals surface area contributed by atoms with Gasteiger partial charge in [-0.1, -0.05) is 37.6 Å². The molecule has 4 rings (SSSR count). The molecule has 0 saturated carbocycles. The molecule has 1 fully saturated rings. The Hall–Kier alpha value is -2.99. The van der Waals surface area contributed by atoms with Crippen LogP contribution in [-0.2, 0) is 13.0 Å². The van der Waals surface area contributed by atoms with Crippen LogP contribution in [0.25, 0.3) is 5.69 Å². The number of rotatable bonds is 6. The van der Waals surface area contributed by atoms with Gasteiger partial charge in [-0.05, 0) is 37.1 Å². The Morgan fingerprint density at radius 3 is 2.60 bits per heavy atom. The smallest absolute Gasteiger partial charge is 0.257 e. The molecule has 0 atom stereocenters. The lowest BCUT2D eigenvalue weighted by Crippen LogP contribution is -2.35. The predicted molar refractivity (Wildman–Crippen MR) is 118 cm³/mol. The summed E-state index contributed by atoms with van der Waals surface area (Å²) in [4.78, 5) is 22.2. The van der Waals surface area contributed by atoms with Gasteiger partial charge in [-0.25, -0.2) is 4.68 Å². The van der Waals surface area contributed by atoms with Crippen molar-refractivity contribution in [1.82, 2.24) is 24.6 Å². The number of carbonyl (C=O) groups excluding carboxylic acids is 1. The Bertz CT molecular complexity index is 954. The second-order valence-electron chi connectivity index (χ2n) is 7.75. The van der Waals surface area contributed by atoms with Gasteiger partial charge in [-0.15, -0.1) is 0 Å². The van der Waals surface area contributed by atoms with Crippen molar-refractivity contribution in [3.05, 3.63) is 77.9 Å². The molecule has 0 radical (unpaired) electrons. The summed E-state index contributed by atoms with van der Waals surface area (Å²) in [5.41, 5.74) is 3.81. The minimum atomic E-state index is 0.0975. The maximum atomic E-state index is 13.4. The Balaban J connectivity index is 1.48. The highest BCUT2D eigenvalue weighted by atomic mass is 16.2. The predicted octanol–water partition coefficient (Wildman–Crippen LogP) is 3.57. The standard InChI is InChI=1S/C24H29N5O/c1-2-9-23-22(18-26-29(23)21-11-4-3-5-12-21)24(30)28-15-8-14-27(16-17-28)19-20-10-6-7-13-25-20/h3-7,10-13,18H,2,8-9,14-17,19H2,1H3. The van der Waals surface area contributed by atoms with Gasteiger partial charge in [0.25, 0.3) is 5.91 Å². The molecular formula is C24H29N5O. The minimum Gasteiger partial charge on any atom is -0.337 e. The van der Waals surface area contributed by atoms with E-state index >= 15 is 0 Å². The molecule has 1 aliphatic rings. The molecule has 0 bridgehead atoms. The first-order valence-electron chi connectivity index (χ1n) is 10.8. The zero-order valence-electron chi connectivity index (χ0n) is 17.6. The van der Waals surface area contributed by atoms with Crippen molar-refractivity contribution >= 4 is 5.91 Å². The van der Waals surface area contributed by atoms with Gasteiger partial charge in [-0.2, -0.15) is 5.10 Å². The van der Waals surface area contributed by atoms with Crippen LogP contribution in [0.4, 0.5) is 0 Å². The zero-order valence-corrected chi connectivity index (χ0v) is 17.6. The van der Waals surface area contributed by atoms with Crippen molar-refractivity contribution in [1.29, 1.82) is 0 Å². The first-order chi connectivity index (χ1) is 14.8. The summed E-state index contributed by atoms with van der Waals surface area (Å²) in [5.74, 6) is 0.0975. The Morgan fingerprint density at radius 1 is 1.00 bits per heavy atom. The van der Waals surface area contributed by atoms with E-state index in [0.717, 1.165) is 74.6 Å². The zero-order chi connectivity index (χ0) is 20.8. The summed E-state index contributed by atoms with van der Waals surface area (Å²) in [6.45, 7) is 6.31. The lowest BCUT2D eigenvalue weighted by atomic mass is 10.1. The van der Waals surface area contributed by atoms with E-state index in [1.165, 1.54) is 0 Å². The van der Waals surface area contributed by atoms with Crippen LogP contribution in [0, 0.1) is 0 Å². The van der Waals surface area contributed by atoms with Gasteiger partial charge in [0.15, 0.2) is 0 Å². The first-order valence-corrected chi connectivity index (χ1v) is 10.8. The maximum absolute atomic E-state index is 13.4. The largest absolute Gasteiger partial charge is 0.337 e. The quantitative estimate of drug-likeness (QED) is 0.631. The fourth-order valence-corrected chi connectivity index (χ4v) is 4.04. The van der Waals surface area contributed by atoms with Crippen molar-refractivity contribution < 1.29 is 4.79 Å². The highest BCUT2D eigenvalue weighted by molar-refractivity contribution is 5.95. The number of hydrogen-bond acceptors (Lipinski definition) is 4. The van der Waals surface area contributed by atoms with E-state index < -0.39 is 0 Å². The highest BCUT2D eigenvalue weighted by Crippen LogP contribution is 2.19. The molecule has 156 valence electrons. The number of nitrogens with zero attached hydrogens (tertiary/aromatic N) is 5. The molecule has 0 aliphatic carbocycles. The number of carbonyl (C=O) groups is 1. The van der Waals surface area contributed by atoms with E-state index in [4.69, 9.17) is 0 Å². The monoisotopic (exact) mass is 403 g/mol. The Morgan fingerprint density at radius 2 is 1.83 bits per heavy atom. The Labute approximate surface area is 178 Å². The summed E-state index contributed by atoms with van der Waals surface area (Å²) in [7, 11) is 0. The molecule has 1 aliphatic heterocycles. The second-order valence-corrected chi connectivity index (χ2v) is 7.75. The van der Waals surface area contributed by atoms with E-state index in [0.29, 0.717) is 0 Å². The van der Waals surface area contributed by atoms with Crippen LogP contribution in [0.3, 0.4) is 0 Å². The van der Waals surface area contributed by atoms with Gasteiger partial charge >= 0.3 is 0 Å². The summed E-state index contributed by atoms with van der Waals surface area (Å²) in [5, 5.41) is 4.57. The number of benzene rings is 1. The SMILES string of the molecule is CCCc1c(C(=O)N2CCCN(Cc3ccccn3)CC2)cnn1-c1ccccc1. The Kier molecular flexibility index (Phi) is 6.54.